The van der Waals surface area contributed by atoms with Crippen LogP contribution in [0.3, 0.4) is 0 Å². The van der Waals surface area contributed by atoms with Crippen LogP contribution in [0, 0.1) is 5.92 Å². The molecule has 0 spiro atoms. The summed E-state index contributed by atoms with van der Waals surface area (Å²) in [6, 6.07) is 5.96. The van der Waals surface area contributed by atoms with Gasteiger partial charge >= 0.3 is 0 Å². The van der Waals surface area contributed by atoms with Gasteiger partial charge in [-0.2, -0.15) is 0 Å². The van der Waals surface area contributed by atoms with E-state index in [1.807, 2.05) is 36.2 Å². The topological polar surface area (TPSA) is 36.4 Å². The average Bonchev–Trinajstić information content (AvgIpc) is 2.47. The molecule has 5 heteroatoms. The predicted molar refractivity (Wildman–Crippen MR) is 76.0 cm³/mol. The average molecular weight is 282 g/mol. The lowest BCUT2D eigenvalue weighted by atomic mass is 10.1. The third-order valence-corrected chi connectivity index (χ3v) is 3.91. The van der Waals surface area contributed by atoms with Crippen molar-refractivity contribution >= 4 is 17.5 Å². The second-order valence-electron chi connectivity index (χ2n) is 4.98. The Morgan fingerprint density at radius 1 is 1.37 bits per heavy atom. The van der Waals surface area contributed by atoms with Crippen molar-refractivity contribution in [1.29, 1.82) is 0 Å². The van der Waals surface area contributed by atoms with E-state index in [1.54, 1.807) is 0 Å². The van der Waals surface area contributed by atoms with Crippen LogP contribution in [0.4, 0.5) is 0 Å². The van der Waals surface area contributed by atoms with Gasteiger partial charge in [-0.15, -0.1) is 11.6 Å². The van der Waals surface area contributed by atoms with E-state index in [-0.39, 0.29) is 11.8 Å². The normalized spacial score (nSPS) is 18.3. The Morgan fingerprint density at radius 2 is 2.11 bits per heavy atom. The number of carbonyl (C=O) groups is 1. The Labute approximate surface area is 119 Å². The largest absolute Gasteiger partial charge is 0.340 e. The standard InChI is InChI=1S/C14H20ClN3O/c1-12(10-15)14(19)18-8-6-17(7-9-18)11-13-4-2-3-5-16-13/h2-5,12H,6-11H2,1H3. The quantitative estimate of drug-likeness (QED) is 0.787. The molecule has 1 amide bonds. The van der Waals surface area contributed by atoms with Gasteiger partial charge in [0.15, 0.2) is 0 Å². The zero-order chi connectivity index (χ0) is 13.7. The summed E-state index contributed by atoms with van der Waals surface area (Å²) in [5.41, 5.74) is 1.08. The van der Waals surface area contributed by atoms with Crippen LogP contribution < -0.4 is 0 Å². The van der Waals surface area contributed by atoms with Crippen molar-refractivity contribution < 1.29 is 4.79 Å². The predicted octanol–water partition coefficient (Wildman–Crippen LogP) is 1.60. The van der Waals surface area contributed by atoms with E-state index in [9.17, 15) is 4.79 Å². The van der Waals surface area contributed by atoms with Gasteiger partial charge in [-0.3, -0.25) is 14.7 Å². The summed E-state index contributed by atoms with van der Waals surface area (Å²) in [5, 5.41) is 0. The summed E-state index contributed by atoms with van der Waals surface area (Å²) in [7, 11) is 0. The van der Waals surface area contributed by atoms with Crippen LogP contribution in [-0.2, 0) is 11.3 Å². The summed E-state index contributed by atoms with van der Waals surface area (Å²) in [6.45, 7) is 6.11. The monoisotopic (exact) mass is 281 g/mol. The number of piperazine rings is 1. The number of carbonyl (C=O) groups excluding carboxylic acids is 1. The van der Waals surface area contributed by atoms with Crippen LogP contribution in [0.2, 0.25) is 0 Å². The van der Waals surface area contributed by atoms with Crippen molar-refractivity contribution in [3.63, 3.8) is 0 Å². The minimum Gasteiger partial charge on any atom is -0.340 e. The molecule has 104 valence electrons. The molecule has 0 radical (unpaired) electrons. The molecule has 1 aliphatic rings. The molecule has 0 aliphatic carbocycles. The van der Waals surface area contributed by atoms with Crippen molar-refractivity contribution in [1.82, 2.24) is 14.8 Å². The first kappa shape index (κ1) is 14.3. The number of rotatable bonds is 4. The van der Waals surface area contributed by atoms with E-state index >= 15 is 0 Å². The zero-order valence-corrected chi connectivity index (χ0v) is 12.0. The van der Waals surface area contributed by atoms with Gasteiger partial charge in [-0.05, 0) is 12.1 Å². The van der Waals surface area contributed by atoms with Crippen molar-refractivity contribution in [2.75, 3.05) is 32.1 Å². The Bertz CT molecular complexity index is 404. The van der Waals surface area contributed by atoms with E-state index in [0.29, 0.717) is 5.88 Å². The van der Waals surface area contributed by atoms with E-state index in [4.69, 9.17) is 11.6 Å². The lowest BCUT2D eigenvalue weighted by Gasteiger charge is -2.35. The molecule has 2 heterocycles. The van der Waals surface area contributed by atoms with Gasteiger partial charge in [0, 0.05) is 50.7 Å². The second-order valence-corrected chi connectivity index (χ2v) is 5.29. The number of aromatic nitrogens is 1. The molecule has 4 nitrogen and oxygen atoms in total. The van der Waals surface area contributed by atoms with Gasteiger partial charge in [0.05, 0.1) is 5.69 Å². The number of halogens is 1. The molecule has 1 fully saturated rings. The van der Waals surface area contributed by atoms with Crippen molar-refractivity contribution in [3.8, 4) is 0 Å². The Hall–Kier alpha value is -1.13. The van der Waals surface area contributed by atoms with Crippen molar-refractivity contribution in [2.24, 2.45) is 5.92 Å². The van der Waals surface area contributed by atoms with Crippen LogP contribution >= 0.6 is 11.6 Å². The third kappa shape index (κ3) is 3.91. The third-order valence-electron chi connectivity index (χ3n) is 3.45. The first-order valence-corrected chi connectivity index (χ1v) is 7.21. The van der Waals surface area contributed by atoms with E-state index in [2.05, 4.69) is 9.88 Å². The Kier molecular flexibility index (Phi) is 5.16. The summed E-state index contributed by atoms with van der Waals surface area (Å²) < 4.78 is 0. The van der Waals surface area contributed by atoms with Crippen LogP contribution in [-0.4, -0.2) is 52.8 Å². The maximum atomic E-state index is 12.0. The van der Waals surface area contributed by atoms with Crippen LogP contribution in [0.15, 0.2) is 24.4 Å². The molecule has 0 bridgehead atoms. The highest BCUT2D eigenvalue weighted by Gasteiger charge is 2.24. The minimum absolute atomic E-state index is 0.0796. The number of amides is 1. The fourth-order valence-corrected chi connectivity index (χ4v) is 2.36. The highest BCUT2D eigenvalue weighted by molar-refractivity contribution is 6.19. The van der Waals surface area contributed by atoms with Gasteiger partial charge in [-0.1, -0.05) is 13.0 Å². The smallest absolute Gasteiger partial charge is 0.226 e. The highest BCUT2D eigenvalue weighted by atomic mass is 35.5. The molecule has 1 aromatic heterocycles. The van der Waals surface area contributed by atoms with Crippen molar-refractivity contribution in [3.05, 3.63) is 30.1 Å². The Balaban J connectivity index is 1.81. The SMILES string of the molecule is CC(CCl)C(=O)N1CCN(Cc2ccccn2)CC1. The van der Waals surface area contributed by atoms with E-state index in [1.165, 1.54) is 0 Å². The van der Waals surface area contributed by atoms with Gasteiger partial charge < -0.3 is 4.90 Å². The van der Waals surface area contributed by atoms with E-state index in [0.717, 1.165) is 38.4 Å². The van der Waals surface area contributed by atoms with E-state index < -0.39 is 0 Å². The number of hydrogen-bond acceptors (Lipinski definition) is 3. The minimum atomic E-state index is -0.0796. The molecule has 1 aliphatic heterocycles. The van der Waals surface area contributed by atoms with Gasteiger partial charge in [0.25, 0.3) is 0 Å². The fourth-order valence-electron chi connectivity index (χ4n) is 2.22. The molecular weight excluding hydrogens is 262 g/mol. The lowest BCUT2D eigenvalue weighted by molar-refractivity contribution is -0.136. The number of alkyl halides is 1. The van der Waals surface area contributed by atoms with Gasteiger partial charge in [0.2, 0.25) is 5.91 Å². The molecule has 1 aromatic rings. The summed E-state index contributed by atoms with van der Waals surface area (Å²) in [5.74, 6) is 0.490. The first-order valence-electron chi connectivity index (χ1n) is 6.67. The molecule has 2 rings (SSSR count). The maximum Gasteiger partial charge on any atom is 0.226 e. The van der Waals surface area contributed by atoms with Crippen molar-refractivity contribution in [2.45, 2.75) is 13.5 Å². The fraction of sp³-hybridized carbons (Fsp3) is 0.571. The summed E-state index contributed by atoms with van der Waals surface area (Å²) in [6.07, 6.45) is 1.82. The van der Waals surface area contributed by atoms with Gasteiger partial charge in [-0.25, -0.2) is 0 Å². The molecule has 0 aromatic carbocycles. The lowest BCUT2D eigenvalue weighted by Crippen LogP contribution is -2.49. The molecule has 1 atom stereocenters. The first-order chi connectivity index (χ1) is 9.20. The number of pyridine rings is 1. The Morgan fingerprint density at radius 3 is 2.68 bits per heavy atom. The van der Waals surface area contributed by atoms with Crippen LogP contribution in [0.1, 0.15) is 12.6 Å². The second kappa shape index (κ2) is 6.87. The zero-order valence-electron chi connectivity index (χ0n) is 11.3. The molecular formula is C14H20ClN3O. The molecule has 0 N–H and O–H groups in total. The number of nitrogens with zero attached hydrogens (tertiary/aromatic N) is 3. The molecule has 0 saturated carbocycles. The number of hydrogen-bond donors (Lipinski definition) is 0. The highest BCUT2D eigenvalue weighted by Crippen LogP contribution is 2.10. The molecule has 1 unspecified atom stereocenters. The molecule has 1 saturated heterocycles. The maximum absolute atomic E-state index is 12.0. The summed E-state index contributed by atoms with van der Waals surface area (Å²) in [4.78, 5) is 20.6. The molecule has 19 heavy (non-hydrogen) atoms. The van der Waals surface area contributed by atoms with Crippen LogP contribution in [0.25, 0.3) is 0 Å². The summed E-state index contributed by atoms with van der Waals surface area (Å²) >= 11 is 5.74. The van der Waals surface area contributed by atoms with Crippen LogP contribution in [0.5, 0.6) is 0 Å². The van der Waals surface area contributed by atoms with Gasteiger partial charge in [0.1, 0.15) is 0 Å².